The third kappa shape index (κ3) is 5.21. The van der Waals surface area contributed by atoms with Crippen molar-refractivity contribution in [3.63, 3.8) is 0 Å². The van der Waals surface area contributed by atoms with Crippen molar-refractivity contribution in [3.8, 4) is 5.75 Å². The maximum atomic E-state index is 11.9. The Bertz CT molecular complexity index is 772. The number of ether oxygens (including phenoxy) is 1. The number of sulfonamides is 1. The fourth-order valence-corrected chi connectivity index (χ4v) is 4.19. The highest BCUT2D eigenvalue weighted by atomic mass is 35.5. The summed E-state index contributed by atoms with van der Waals surface area (Å²) in [5, 5.41) is 2.64. The quantitative estimate of drug-likeness (QED) is 0.776. The lowest BCUT2D eigenvalue weighted by atomic mass is 10.2. The van der Waals surface area contributed by atoms with E-state index in [1.807, 2.05) is 12.1 Å². The number of benzene rings is 1. The van der Waals surface area contributed by atoms with Crippen LogP contribution in [0, 0.1) is 0 Å². The highest BCUT2D eigenvalue weighted by Gasteiger charge is 2.17. The van der Waals surface area contributed by atoms with Crippen molar-refractivity contribution in [2.45, 2.75) is 10.8 Å². The number of halogens is 1. The highest BCUT2D eigenvalue weighted by Crippen LogP contribution is 2.25. The van der Waals surface area contributed by atoms with Crippen LogP contribution in [0.25, 0.3) is 0 Å². The topological polar surface area (TPSA) is 84.5 Å². The lowest BCUT2D eigenvalue weighted by molar-refractivity contribution is -0.120. The zero-order valence-corrected chi connectivity index (χ0v) is 14.6. The van der Waals surface area contributed by atoms with Crippen molar-refractivity contribution in [2.24, 2.45) is 0 Å². The maximum Gasteiger partial charge on any atom is 0.250 e. The number of carbonyl (C=O) groups is 1. The predicted octanol–water partition coefficient (Wildman–Crippen LogP) is 2.00. The number of hydrogen-bond acceptors (Lipinski definition) is 5. The molecule has 9 heteroatoms. The first kappa shape index (κ1) is 17.7. The van der Waals surface area contributed by atoms with Gasteiger partial charge in [0.1, 0.15) is 9.96 Å². The number of amides is 1. The Labute approximate surface area is 143 Å². The third-order valence-electron chi connectivity index (χ3n) is 2.88. The van der Waals surface area contributed by atoms with Crippen LogP contribution >= 0.6 is 22.9 Å². The molecule has 0 atom stereocenters. The van der Waals surface area contributed by atoms with Gasteiger partial charge in [-0.25, -0.2) is 13.1 Å². The van der Waals surface area contributed by atoms with Gasteiger partial charge in [-0.2, -0.15) is 0 Å². The molecule has 2 rings (SSSR count). The molecule has 0 spiro atoms. The number of thiophene rings is 1. The van der Waals surface area contributed by atoms with Gasteiger partial charge >= 0.3 is 0 Å². The van der Waals surface area contributed by atoms with Gasteiger partial charge in [0, 0.05) is 6.54 Å². The molecule has 0 aliphatic heterocycles. The zero-order chi connectivity index (χ0) is 16.9. The van der Waals surface area contributed by atoms with Gasteiger partial charge in [0.05, 0.1) is 18.0 Å². The number of hydrogen-bond donors (Lipinski definition) is 2. The molecule has 1 aromatic carbocycles. The van der Waals surface area contributed by atoms with Gasteiger partial charge in [-0.15, -0.1) is 11.3 Å². The van der Waals surface area contributed by atoms with Crippen LogP contribution in [0.4, 0.5) is 0 Å². The average Bonchev–Trinajstić information content (AvgIpc) is 2.99. The van der Waals surface area contributed by atoms with Crippen LogP contribution in [0.15, 0.2) is 40.6 Å². The molecule has 0 radical (unpaired) electrons. The van der Waals surface area contributed by atoms with Crippen molar-refractivity contribution >= 4 is 38.9 Å². The molecule has 23 heavy (non-hydrogen) atoms. The molecule has 1 aromatic heterocycles. The summed E-state index contributed by atoms with van der Waals surface area (Å²) in [7, 11) is -2.15. The van der Waals surface area contributed by atoms with Gasteiger partial charge in [0.25, 0.3) is 10.0 Å². The van der Waals surface area contributed by atoms with E-state index in [1.165, 1.54) is 12.1 Å². The monoisotopic (exact) mass is 374 g/mol. The van der Waals surface area contributed by atoms with Crippen LogP contribution in [0.2, 0.25) is 4.34 Å². The normalized spacial score (nSPS) is 11.2. The molecule has 0 fully saturated rings. The fourth-order valence-electron chi connectivity index (χ4n) is 1.68. The molecule has 124 valence electrons. The molecule has 0 saturated carbocycles. The van der Waals surface area contributed by atoms with E-state index in [0.29, 0.717) is 10.9 Å². The Morgan fingerprint density at radius 2 is 1.91 bits per heavy atom. The minimum atomic E-state index is -3.72. The first-order valence-corrected chi connectivity index (χ1v) is 9.23. The maximum absolute atomic E-state index is 11.9. The summed E-state index contributed by atoms with van der Waals surface area (Å²) in [6.45, 7) is -0.0383. The van der Waals surface area contributed by atoms with E-state index < -0.39 is 15.9 Å². The largest absolute Gasteiger partial charge is 0.497 e. The molecule has 0 saturated heterocycles. The number of carbonyl (C=O) groups excluding carboxylic acids is 1. The van der Waals surface area contributed by atoms with Gasteiger partial charge in [-0.05, 0) is 29.8 Å². The van der Waals surface area contributed by atoms with Gasteiger partial charge in [-0.3, -0.25) is 4.79 Å². The van der Waals surface area contributed by atoms with E-state index in [9.17, 15) is 13.2 Å². The molecule has 0 bridgehead atoms. The first-order valence-electron chi connectivity index (χ1n) is 6.55. The second-order valence-corrected chi connectivity index (χ2v) is 8.22. The van der Waals surface area contributed by atoms with E-state index in [1.54, 1.807) is 19.2 Å². The Kier molecular flexibility index (Phi) is 6.00. The van der Waals surface area contributed by atoms with Crippen molar-refractivity contribution < 1.29 is 17.9 Å². The Morgan fingerprint density at radius 3 is 2.48 bits per heavy atom. The second kappa shape index (κ2) is 7.78. The molecular weight excluding hydrogens is 360 g/mol. The van der Waals surface area contributed by atoms with Crippen molar-refractivity contribution in [1.29, 1.82) is 0 Å². The number of rotatable bonds is 7. The predicted molar refractivity (Wildman–Crippen MR) is 89.4 cm³/mol. The first-order chi connectivity index (χ1) is 10.9. The molecule has 1 amide bonds. The highest BCUT2D eigenvalue weighted by molar-refractivity contribution is 7.91. The average molecular weight is 375 g/mol. The van der Waals surface area contributed by atoms with Crippen LogP contribution in [0.1, 0.15) is 5.56 Å². The van der Waals surface area contributed by atoms with E-state index in [0.717, 1.165) is 22.6 Å². The molecular formula is C14H15ClN2O4S2. The van der Waals surface area contributed by atoms with Crippen LogP contribution in [0.5, 0.6) is 5.75 Å². The van der Waals surface area contributed by atoms with Crippen LogP contribution in [0.3, 0.4) is 0 Å². The van der Waals surface area contributed by atoms with Gasteiger partial charge in [0.15, 0.2) is 0 Å². The molecule has 2 aromatic rings. The Hall–Kier alpha value is -1.61. The van der Waals surface area contributed by atoms with E-state index in [-0.39, 0.29) is 10.8 Å². The van der Waals surface area contributed by atoms with Crippen LogP contribution < -0.4 is 14.8 Å². The number of nitrogens with one attached hydrogen (secondary N) is 2. The summed E-state index contributed by atoms with van der Waals surface area (Å²) in [6, 6.07) is 10.1. The Morgan fingerprint density at radius 1 is 1.22 bits per heavy atom. The van der Waals surface area contributed by atoms with E-state index in [2.05, 4.69) is 10.0 Å². The summed E-state index contributed by atoms with van der Waals surface area (Å²) in [6.07, 6.45) is 0. The molecule has 0 aliphatic rings. The van der Waals surface area contributed by atoms with Crippen molar-refractivity contribution in [3.05, 3.63) is 46.3 Å². The third-order valence-corrected chi connectivity index (χ3v) is 6.01. The van der Waals surface area contributed by atoms with Crippen molar-refractivity contribution in [1.82, 2.24) is 10.0 Å². The van der Waals surface area contributed by atoms with Gasteiger partial charge in [0.2, 0.25) is 5.91 Å². The molecule has 0 unspecified atom stereocenters. The van der Waals surface area contributed by atoms with Gasteiger partial charge < -0.3 is 10.1 Å². The summed E-state index contributed by atoms with van der Waals surface area (Å²) < 4.78 is 31.6. The summed E-state index contributed by atoms with van der Waals surface area (Å²) in [5.74, 6) is 0.300. The molecule has 6 nitrogen and oxygen atoms in total. The summed E-state index contributed by atoms with van der Waals surface area (Å²) in [5.41, 5.74) is 0.882. The molecule has 2 N–H and O–H groups in total. The SMILES string of the molecule is COc1ccc(CNC(=O)CNS(=O)(=O)c2ccc(Cl)s2)cc1. The van der Waals surface area contributed by atoms with E-state index in [4.69, 9.17) is 16.3 Å². The number of methoxy groups -OCH3 is 1. The lowest BCUT2D eigenvalue weighted by Gasteiger charge is -2.07. The Balaban J connectivity index is 1.82. The minimum Gasteiger partial charge on any atom is -0.497 e. The zero-order valence-electron chi connectivity index (χ0n) is 12.2. The molecule has 1 heterocycles. The second-order valence-electron chi connectivity index (χ2n) is 4.51. The fraction of sp³-hybridized carbons (Fsp3) is 0.214. The smallest absolute Gasteiger partial charge is 0.250 e. The van der Waals surface area contributed by atoms with Crippen molar-refractivity contribution in [2.75, 3.05) is 13.7 Å². The lowest BCUT2D eigenvalue weighted by Crippen LogP contribution is -2.36. The van der Waals surface area contributed by atoms with Crippen LogP contribution in [-0.2, 0) is 21.4 Å². The summed E-state index contributed by atoms with van der Waals surface area (Å²) >= 11 is 6.64. The minimum absolute atomic E-state index is 0.0745. The molecule has 0 aliphatic carbocycles. The van der Waals surface area contributed by atoms with E-state index >= 15 is 0 Å². The standard InChI is InChI=1S/C14H15ClN2O4S2/c1-21-11-4-2-10(3-5-11)8-16-13(18)9-17-23(19,20)14-7-6-12(15)22-14/h2-7,17H,8-9H2,1H3,(H,16,18). The van der Waals surface area contributed by atoms with Gasteiger partial charge in [-0.1, -0.05) is 23.7 Å². The summed E-state index contributed by atoms with van der Waals surface area (Å²) in [4.78, 5) is 11.7. The van der Waals surface area contributed by atoms with Crippen LogP contribution in [-0.4, -0.2) is 28.0 Å².